The van der Waals surface area contributed by atoms with Crippen LogP contribution in [0.2, 0.25) is 0 Å². The second-order valence-corrected chi connectivity index (χ2v) is 6.29. The smallest absolute Gasteiger partial charge is 0.126 e. The molecule has 1 aliphatic rings. The van der Waals surface area contributed by atoms with Crippen LogP contribution >= 0.6 is 0 Å². The van der Waals surface area contributed by atoms with Gasteiger partial charge in [0.1, 0.15) is 5.82 Å². The summed E-state index contributed by atoms with van der Waals surface area (Å²) in [5.74, 6) is 0.917. The van der Waals surface area contributed by atoms with E-state index in [-0.39, 0.29) is 6.10 Å². The number of nitrogens with one attached hydrogen (secondary N) is 1. The van der Waals surface area contributed by atoms with Gasteiger partial charge in [0, 0.05) is 31.9 Å². The molecule has 0 radical (unpaired) electrons. The molecule has 0 amide bonds. The Hall–Kier alpha value is -1.91. The standard InChI is InChI=1S/C19H25N3O/c1-15-5-4-8-19(21-15)20-13-16-6-2-3-7-17(16)14-22-11-9-18(23)10-12-22/h2-8,18,23H,9-14H2,1H3,(H,20,21). The Bertz CT molecular complexity index is 636. The summed E-state index contributed by atoms with van der Waals surface area (Å²) in [5, 5.41) is 13.1. The molecular formula is C19H25N3O. The van der Waals surface area contributed by atoms with Gasteiger partial charge in [0.25, 0.3) is 0 Å². The SMILES string of the molecule is Cc1cccc(NCc2ccccc2CN2CCC(O)CC2)n1. The van der Waals surface area contributed by atoms with E-state index in [0.717, 1.165) is 50.5 Å². The van der Waals surface area contributed by atoms with Gasteiger partial charge in [-0.1, -0.05) is 30.3 Å². The molecule has 23 heavy (non-hydrogen) atoms. The van der Waals surface area contributed by atoms with Crippen LogP contribution in [-0.4, -0.2) is 34.2 Å². The van der Waals surface area contributed by atoms with E-state index < -0.39 is 0 Å². The molecule has 0 unspecified atom stereocenters. The van der Waals surface area contributed by atoms with E-state index in [4.69, 9.17) is 0 Å². The lowest BCUT2D eigenvalue weighted by molar-refractivity contribution is 0.0791. The minimum atomic E-state index is -0.115. The number of likely N-dealkylation sites (tertiary alicyclic amines) is 1. The van der Waals surface area contributed by atoms with Gasteiger partial charge in [0.05, 0.1) is 6.10 Å². The quantitative estimate of drug-likeness (QED) is 0.891. The molecule has 1 aromatic heterocycles. The Morgan fingerprint density at radius 1 is 1.09 bits per heavy atom. The first-order chi connectivity index (χ1) is 11.2. The van der Waals surface area contributed by atoms with E-state index in [2.05, 4.69) is 39.5 Å². The van der Waals surface area contributed by atoms with Crippen LogP contribution in [0.4, 0.5) is 5.82 Å². The fraction of sp³-hybridized carbons (Fsp3) is 0.421. The molecule has 0 spiro atoms. The van der Waals surface area contributed by atoms with E-state index in [1.165, 1.54) is 11.1 Å². The summed E-state index contributed by atoms with van der Waals surface area (Å²) in [4.78, 5) is 6.92. The number of nitrogens with zero attached hydrogens (tertiary/aromatic N) is 2. The molecule has 1 aromatic carbocycles. The number of hydrogen-bond donors (Lipinski definition) is 2. The van der Waals surface area contributed by atoms with Crippen molar-refractivity contribution in [1.82, 2.24) is 9.88 Å². The average molecular weight is 311 g/mol. The summed E-state index contributed by atoms with van der Waals surface area (Å²) >= 11 is 0. The first-order valence-corrected chi connectivity index (χ1v) is 8.35. The highest BCUT2D eigenvalue weighted by Crippen LogP contribution is 2.17. The Labute approximate surface area is 138 Å². The maximum atomic E-state index is 9.64. The van der Waals surface area contributed by atoms with Crippen molar-refractivity contribution in [3.8, 4) is 0 Å². The van der Waals surface area contributed by atoms with Crippen molar-refractivity contribution in [1.29, 1.82) is 0 Å². The lowest BCUT2D eigenvalue weighted by Crippen LogP contribution is -2.35. The molecule has 1 fully saturated rings. The van der Waals surface area contributed by atoms with Gasteiger partial charge in [-0.05, 0) is 43.0 Å². The van der Waals surface area contributed by atoms with Gasteiger partial charge >= 0.3 is 0 Å². The Morgan fingerprint density at radius 3 is 2.57 bits per heavy atom. The predicted octanol–water partition coefficient (Wildman–Crippen LogP) is 2.96. The van der Waals surface area contributed by atoms with E-state index in [1.54, 1.807) is 0 Å². The molecule has 4 heteroatoms. The van der Waals surface area contributed by atoms with Gasteiger partial charge in [0.15, 0.2) is 0 Å². The molecular weight excluding hydrogens is 286 g/mol. The van der Waals surface area contributed by atoms with Crippen LogP contribution in [0.1, 0.15) is 29.7 Å². The molecule has 3 rings (SSSR count). The van der Waals surface area contributed by atoms with E-state index >= 15 is 0 Å². The third-order valence-electron chi connectivity index (χ3n) is 4.42. The predicted molar refractivity (Wildman–Crippen MR) is 93.3 cm³/mol. The molecule has 0 saturated carbocycles. The third kappa shape index (κ3) is 4.53. The molecule has 0 bridgehead atoms. The fourth-order valence-electron chi connectivity index (χ4n) is 3.03. The van der Waals surface area contributed by atoms with Gasteiger partial charge in [-0.3, -0.25) is 4.90 Å². The molecule has 1 aliphatic heterocycles. The summed E-state index contributed by atoms with van der Waals surface area (Å²) in [6, 6.07) is 14.6. The van der Waals surface area contributed by atoms with Crippen LogP contribution in [0, 0.1) is 6.92 Å². The number of rotatable bonds is 5. The number of aliphatic hydroxyl groups is 1. The van der Waals surface area contributed by atoms with Crippen molar-refractivity contribution in [3.05, 3.63) is 59.3 Å². The monoisotopic (exact) mass is 311 g/mol. The van der Waals surface area contributed by atoms with Crippen molar-refractivity contribution in [3.63, 3.8) is 0 Å². The van der Waals surface area contributed by atoms with Crippen molar-refractivity contribution in [2.75, 3.05) is 18.4 Å². The third-order valence-corrected chi connectivity index (χ3v) is 4.42. The molecule has 122 valence electrons. The number of pyridine rings is 1. The normalized spacial score (nSPS) is 16.4. The summed E-state index contributed by atoms with van der Waals surface area (Å²) in [6.07, 6.45) is 1.65. The lowest BCUT2D eigenvalue weighted by Gasteiger charge is -2.30. The largest absolute Gasteiger partial charge is 0.393 e. The second-order valence-electron chi connectivity index (χ2n) is 6.29. The summed E-state index contributed by atoms with van der Waals surface area (Å²) < 4.78 is 0. The first kappa shape index (κ1) is 16.0. The molecule has 2 heterocycles. The van der Waals surface area contributed by atoms with Gasteiger partial charge in [-0.15, -0.1) is 0 Å². The van der Waals surface area contributed by atoms with Crippen LogP contribution in [0.25, 0.3) is 0 Å². The highest BCUT2D eigenvalue weighted by atomic mass is 16.3. The Balaban J connectivity index is 1.63. The number of hydrogen-bond acceptors (Lipinski definition) is 4. The molecule has 4 nitrogen and oxygen atoms in total. The van der Waals surface area contributed by atoms with Crippen molar-refractivity contribution in [2.24, 2.45) is 0 Å². The first-order valence-electron chi connectivity index (χ1n) is 8.35. The minimum Gasteiger partial charge on any atom is -0.393 e. The Kier molecular flexibility index (Phi) is 5.26. The van der Waals surface area contributed by atoms with Crippen molar-refractivity contribution < 1.29 is 5.11 Å². The number of aliphatic hydroxyl groups excluding tert-OH is 1. The van der Waals surface area contributed by atoms with E-state index in [1.807, 2.05) is 25.1 Å². The van der Waals surface area contributed by atoms with Crippen LogP contribution in [0.3, 0.4) is 0 Å². The second kappa shape index (κ2) is 7.57. The topological polar surface area (TPSA) is 48.4 Å². The lowest BCUT2D eigenvalue weighted by atomic mass is 10.0. The van der Waals surface area contributed by atoms with Crippen molar-refractivity contribution >= 4 is 5.82 Å². The maximum Gasteiger partial charge on any atom is 0.126 e. The van der Waals surface area contributed by atoms with Gasteiger partial charge in [0.2, 0.25) is 0 Å². The highest BCUT2D eigenvalue weighted by molar-refractivity contribution is 5.38. The number of anilines is 1. The van der Waals surface area contributed by atoms with Gasteiger partial charge in [-0.25, -0.2) is 4.98 Å². The van der Waals surface area contributed by atoms with Crippen LogP contribution in [0.15, 0.2) is 42.5 Å². The number of aromatic nitrogens is 1. The maximum absolute atomic E-state index is 9.64. The number of piperidine rings is 1. The molecule has 1 saturated heterocycles. The molecule has 2 N–H and O–H groups in total. The summed E-state index contributed by atoms with van der Waals surface area (Å²) in [5.41, 5.74) is 3.68. The van der Waals surface area contributed by atoms with Gasteiger partial charge < -0.3 is 10.4 Å². The molecule has 0 aliphatic carbocycles. The molecule has 0 atom stereocenters. The van der Waals surface area contributed by atoms with E-state index in [9.17, 15) is 5.11 Å². The average Bonchev–Trinajstić information content (AvgIpc) is 2.56. The van der Waals surface area contributed by atoms with Crippen LogP contribution in [0.5, 0.6) is 0 Å². The Morgan fingerprint density at radius 2 is 1.83 bits per heavy atom. The van der Waals surface area contributed by atoms with E-state index in [0.29, 0.717) is 0 Å². The number of aryl methyl sites for hydroxylation is 1. The summed E-state index contributed by atoms with van der Waals surface area (Å²) in [7, 11) is 0. The van der Waals surface area contributed by atoms with Gasteiger partial charge in [-0.2, -0.15) is 0 Å². The molecule has 2 aromatic rings. The minimum absolute atomic E-state index is 0.115. The summed E-state index contributed by atoms with van der Waals surface area (Å²) in [6.45, 7) is 5.68. The zero-order valence-corrected chi connectivity index (χ0v) is 13.7. The fourth-order valence-corrected chi connectivity index (χ4v) is 3.03. The van der Waals surface area contributed by atoms with Crippen LogP contribution < -0.4 is 5.32 Å². The highest BCUT2D eigenvalue weighted by Gasteiger charge is 2.17. The zero-order valence-electron chi connectivity index (χ0n) is 13.7. The number of benzene rings is 1. The van der Waals surface area contributed by atoms with Crippen molar-refractivity contribution in [2.45, 2.75) is 39.0 Å². The zero-order chi connectivity index (χ0) is 16.1. The van der Waals surface area contributed by atoms with Crippen LogP contribution in [-0.2, 0) is 13.1 Å².